The first kappa shape index (κ1) is 18.3. The van der Waals surface area contributed by atoms with Gasteiger partial charge < -0.3 is 9.36 Å². The number of nitrogens with zero attached hydrogens (tertiary/aromatic N) is 4. The quantitative estimate of drug-likeness (QED) is 0.512. The highest BCUT2D eigenvalue weighted by atomic mass is 79.9. The Morgan fingerprint density at radius 2 is 2.15 bits per heavy atom. The van der Waals surface area contributed by atoms with Crippen LogP contribution in [0.1, 0.15) is 39.0 Å². The van der Waals surface area contributed by atoms with E-state index in [-0.39, 0.29) is 40.4 Å². The minimum atomic E-state index is -0.727. The van der Waals surface area contributed by atoms with Crippen LogP contribution in [-0.4, -0.2) is 27.6 Å². The molecule has 3 saturated carbocycles. The summed E-state index contributed by atoms with van der Waals surface area (Å²) in [6.07, 6.45) is 6.79. The van der Waals surface area contributed by atoms with Gasteiger partial charge in [-0.2, -0.15) is 10.0 Å². The van der Waals surface area contributed by atoms with Crippen LogP contribution in [0, 0.1) is 23.6 Å². The number of fused-ring (bicyclic) bond motifs is 3. The van der Waals surface area contributed by atoms with E-state index in [4.69, 9.17) is 9.36 Å². The van der Waals surface area contributed by atoms with Gasteiger partial charge in [0.2, 0.25) is 5.82 Å². The van der Waals surface area contributed by atoms with E-state index in [0.29, 0.717) is 11.8 Å². The van der Waals surface area contributed by atoms with Crippen molar-refractivity contribution in [3.05, 3.63) is 22.8 Å². The monoisotopic (exact) mass is 438 g/mol. The summed E-state index contributed by atoms with van der Waals surface area (Å²) in [6, 6.07) is 1.50. The molecular formula is C18H20BrFN4O3. The van der Waals surface area contributed by atoms with Gasteiger partial charge in [-0.15, -0.1) is 0 Å². The van der Waals surface area contributed by atoms with Gasteiger partial charge >= 0.3 is 5.97 Å². The lowest BCUT2D eigenvalue weighted by molar-refractivity contribution is -0.156. The third kappa shape index (κ3) is 3.56. The molecule has 0 aliphatic heterocycles. The second-order valence-corrected chi connectivity index (χ2v) is 7.79. The van der Waals surface area contributed by atoms with Crippen molar-refractivity contribution >= 4 is 27.7 Å². The van der Waals surface area contributed by atoms with Crippen LogP contribution < -0.4 is 5.06 Å². The largest absolute Gasteiger partial charge is 0.355 e. The molecule has 3 aliphatic carbocycles. The van der Waals surface area contributed by atoms with Gasteiger partial charge in [0.05, 0.1) is 18.7 Å². The molecular weight excluding hydrogens is 419 g/mol. The smallest absolute Gasteiger partial charge is 0.335 e. The Morgan fingerprint density at radius 1 is 1.37 bits per heavy atom. The number of carbonyl (C=O) groups is 1. The summed E-state index contributed by atoms with van der Waals surface area (Å²) in [6.45, 7) is 2.02. The number of hydroxylamine groups is 1. The summed E-state index contributed by atoms with van der Waals surface area (Å²) in [4.78, 5) is 26.5. The van der Waals surface area contributed by atoms with E-state index in [1.165, 1.54) is 30.2 Å². The number of carbonyl (C=O) groups excluding carboxylic acids is 1. The van der Waals surface area contributed by atoms with Gasteiger partial charge in [0.15, 0.2) is 22.0 Å². The van der Waals surface area contributed by atoms with Crippen LogP contribution in [0.2, 0.25) is 0 Å². The van der Waals surface area contributed by atoms with Gasteiger partial charge in [0.25, 0.3) is 0 Å². The second-order valence-electron chi connectivity index (χ2n) is 7.08. The van der Waals surface area contributed by atoms with Crippen molar-refractivity contribution in [3.8, 4) is 11.5 Å². The van der Waals surface area contributed by atoms with E-state index < -0.39 is 5.82 Å². The summed E-state index contributed by atoms with van der Waals surface area (Å²) in [5, 5.41) is 4.77. The zero-order valence-electron chi connectivity index (χ0n) is 14.9. The van der Waals surface area contributed by atoms with Gasteiger partial charge in [-0.05, 0) is 54.0 Å². The Labute approximate surface area is 164 Å². The maximum Gasteiger partial charge on any atom is 0.335 e. The predicted molar refractivity (Wildman–Crippen MR) is 97.9 cm³/mol. The number of hydrogen-bond acceptors (Lipinski definition) is 7. The summed E-state index contributed by atoms with van der Waals surface area (Å²) in [7, 11) is 0. The molecule has 144 valence electrons. The fourth-order valence-electron chi connectivity index (χ4n) is 4.18. The van der Waals surface area contributed by atoms with E-state index in [0.717, 1.165) is 19.3 Å². The first-order valence-electron chi connectivity index (χ1n) is 9.20. The maximum atomic E-state index is 15.0. The third-order valence-corrected chi connectivity index (χ3v) is 5.91. The minimum absolute atomic E-state index is 0.0457. The summed E-state index contributed by atoms with van der Waals surface area (Å²) >= 11 is 3.18. The molecule has 7 nitrogen and oxygen atoms in total. The van der Waals surface area contributed by atoms with Crippen LogP contribution in [0.5, 0.6) is 0 Å². The van der Waals surface area contributed by atoms with Gasteiger partial charge in [-0.25, -0.2) is 14.2 Å². The number of hydrogen-bond donors (Lipinski definition) is 0. The molecule has 5 rings (SSSR count). The van der Waals surface area contributed by atoms with Crippen LogP contribution >= 0.6 is 15.9 Å². The number of halogens is 2. The molecule has 0 saturated heterocycles. The Hall–Kier alpha value is -2.03. The van der Waals surface area contributed by atoms with Gasteiger partial charge in [0.1, 0.15) is 0 Å². The van der Waals surface area contributed by atoms with Crippen molar-refractivity contribution in [2.75, 3.05) is 11.6 Å². The normalized spacial score (nSPS) is 24.0. The molecule has 1 atom stereocenters. The summed E-state index contributed by atoms with van der Waals surface area (Å²) in [5.74, 6) is -0.118. The van der Waals surface area contributed by atoms with E-state index in [1.54, 1.807) is 6.92 Å². The number of rotatable bonds is 5. The standard InChI is InChI=1S/C18H20BrFN4O3/c1-2-24(27-17(25)12-9-10-3-5-11(12)6-4-10)16-14(20)15(22-18(19)23-16)13-7-8-21-26-13/h7-8,10-12H,2-6,9H2,1H3. The lowest BCUT2D eigenvalue weighted by atomic mass is 9.65. The van der Waals surface area contributed by atoms with Crippen LogP contribution in [0.3, 0.4) is 0 Å². The molecule has 0 aromatic carbocycles. The van der Waals surface area contributed by atoms with E-state index in [2.05, 4.69) is 31.1 Å². The van der Waals surface area contributed by atoms with Crippen molar-refractivity contribution in [2.45, 2.75) is 39.0 Å². The molecule has 0 N–H and O–H groups in total. The Morgan fingerprint density at radius 3 is 2.74 bits per heavy atom. The first-order valence-corrected chi connectivity index (χ1v) is 9.99. The first-order chi connectivity index (χ1) is 13.1. The molecule has 1 unspecified atom stereocenters. The van der Waals surface area contributed by atoms with E-state index >= 15 is 4.39 Å². The second kappa shape index (κ2) is 7.53. The zero-order chi connectivity index (χ0) is 19.0. The average Bonchev–Trinajstić information content (AvgIpc) is 3.23. The van der Waals surface area contributed by atoms with Crippen molar-refractivity contribution in [1.82, 2.24) is 15.1 Å². The molecule has 9 heteroatoms. The molecule has 27 heavy (non-hydrogen) atoms. The SMILES string of the molecule is CCN(OC(=O)C1CC2CCC1CC2)c1nc(Br)nc(-c2ccno2)c1F. The van der Waals surface area contributed by atoms with Crippen molar-refractivity contribution in [2.24, 2.45) is 17.8 Å². The molecule has 2 heterocycles. The van der Waals surface area contributed by atoms with Crippen molar-refractivity contribution < 1.29 is 18.5 Å². The highest BCUT2D eigenvalue weighted by Crippen LogP contribution is 2.45. The molecule has 2 aromatic heterocycles. The molecule has 3 fully saturated rings. The number of anilines is 1. The van der Waals surface area contributed by atoms with Gasteiger partial charge in [-0.3, -0.25) is 0 Å². The van der Waals surface area contributed by atoms with Crippen LogP contribution in [0.4, 0.5) is 10.2 Å². The Balaban J connectivity index is 1.58. The van der Waals surface area contributed by atoms with Crippen LogP contribution in [0.25, 0.3) is 11.5 Å². The van der Waals surface area contributed by atoms with Gasteiger partial charge in [0, 0.05) is 6.07 Å². The molecule has 0 spiro atoms. The maximum absolute atomic E-state index is 15.0. The molecule has 0 radical (unpaired) electrons. The van der Waals surface area contributed by atoms with Crippen LogP contribution in [-0.2, 0) is 9.63 Å². The van der Waals surface area contributed by atoms with Crippen LogP contribution in [0.15, 0.2) is 21.5 Å². The zero-order valence-corrected chi connectivity index (χ0v) is 16.5. The molecule has 0 amide bonds. The fourth-order valence-corrected chi connectivity index (χ4v) is 4.52. The lowest BCUT2D eigenvalue weighted by Gasteiger charge is -2.41. The Kier molecular flexibility index (Phi) is 5.12. The van der Waals surface area contributed by atoms with Gasteiger partial charge in [-0.1, -0.05) is 18.0 Å². The number of aromatic nitrogens is 3. The fraction of sp³-hybridized carbons (Fsp3) is 0.556. The van der Waals surface area contributed by atoms with Crippen molar-refractivity contribution in [3.63, 3.8) is 0 Å². The van der Waals surface area contributed by atoms with E-state index in [1.807, 2.05) is 0 Å². The summed E-state index contributed by atoms with van der Waals surface area (Å²) < 4.78 is 20.2. The molecule has 3 aliphatic rings. The average molecular weight is 439 g/mol. The molecule has 2 bridgehead atoms. The molecule has 2 aromatic rings. The van der Waals surface area contributed by atoms with Crippen molar-refractivity contribution in [1.29, 1.82) is 0 Å². The lowest BCUT2D eigenvalue weighted by Crippen LogP contribution is -2.40. The highest BCUT2D eigenvalue weighted by molar-refractivity contribution is 9.10. The minimum Gasteiger partial charge on any atom is -0.355 e. The predicted octanol–water partition coefficient (Wildman–Crippen LogP) is 4.14. The topological polar surface area (TPSA) is 81.4 Å². The Bertz CT molecular complexity index is 824. The van der Waals surface area contributed by atoms with E-state index in [9.17, 15) is 4.79 Å². The highest BCUT2D eigenvalue weighted by Gasteiger charge is 2.41. The third-order valence-electron chi connectivity index (χ3n) is 5.55. The summed E-state index contributed by atoms with van der Waals surface area (Å²) in [5.41, 5.74) is -0.0457.